The molecule has 0 radical (unpaired) electrons. The third kappa shape index (κ3) is 1.64. The molecule has 2 rings (SSSR count). The molecule has 0 saturated heterocycles. The van der Waals surface area contributed by atoms with E-state index in [-0.39, 0.29) is 0 Å². The minimum absolute atomic E-state index is 0.355. The zero-order chi connectivity index (χ0) is 13.4. The van der Waals surface area contributed by atoms with Gasteiger partial charge >= 0.3 is 11.9 Å². The Labute approximate surface area is 103 Å². The summed E-state index contributed by atoms with van der Waals surface area (Å²) in [5, 5.41) is 18.9. The standard InChI is InChI=1S/C13H13NO4/c1-7-10(11(12(15)16)13(17)18)8-5-3-4-6-9(8)14(7)2/h3-6,11H,1-2H3,(H,15,16)(H,17,18). The van der Waals surface area contributed by atoms with Crippen LogP contribution < -0.4 is 0 Å². The lowest BCUT2D eigenvalue weighted by molar-refractivity contribution is -0.150. The first-order valence-electron chi connectivity index (χ1n) is 5.44. The minimum Gasteiger partial charge on any atom is -0.480 e. The number of carboxylic acid groups (broad SMARTS) is 2. The summed E-state index contributed by atoms with van der Waals surface area (Å²) in [6, 6.07) is 7.19. The third-order valence-corrected chi connectivity index (χ3v) is 3.23. The van der Waals surface area contributed by atoms with Crippen LogP contribution in [0.3, 0.4) is 0 Å². The number of aromatic nitrogens is 1. The van der Waals surface area contributed by atoms with Crippen molar-refractivity contribution in [2.75, 3.05) is 0 Å². The lowest BCUT2D eigenvalue weighted by Gasteiger charge is -2.08. The second kappa shape index (κ2) is 4.18. The summed E-state index contributed by atoms with van der Waals surface area (Å²) in [6.07, 6.45) is 0. The van der Waals surface area contributed by atoms with Crippen LogP contribution in [-0.4, -0.2) is 26.7 Å². The molecule has 0 amide bonds. The molecule has 2 aromatic rings. The Hall–Kier alpha value is -2.30. The van der Waals surface area contributed by atoms with Gasteiger partial charge in [0.25, 0.3) is 0 Å². The number of aryl methyl sites for hydroxylation is 1. The van der Waals surface area contributed by atoms with Gasteiger partial charge in [-0.25, -0.2) is 0 Å². The molecule has 1 heterocycles. The highest BCUT2D eigenvalue weighted by molar-refractivity contribution is 6.04. The van der Waals surface area contributed by atoms with E-state index in [0.29, 0.717) is 16.6 Å². The number of carboxylic acids is 2. The fourth-order valence-electron chi connectivity index (χ4n) is 2.27. The van der Waals surface area contributed by atoms with Gasteiger partial charge in [-0.05, 0) is 13.0 Å². The van der Waals surface area contributed by atoms with Gasteiger partial charge in [0.1, 0.15) is 0 Å². The van der Waals surface area contributed by atoms with Crippen LogP contribution in [0.1, 0.15) is 17.2 Å². The molecular formula is C13H13NO4. The van der Waals surface area contributed by atoms with Crippen molar-refractivity contribution in [2.24, 2.45) is 7.05 Å². The van der Waals surface area contributed by atoms with Crippen LogP contribution >= 0.6 is 0 Å². The van der Waals surface area contributed by atoms with Gasteiger partial charge in [0, 0.05) is 29.2 Å². The molecule has 18 heavy (non-hydrogen) atoms. The van der Waals surface area contributed by atoms with Gasteiger partial charge in [-0.3, -0.25) is 9.59 Å². The highest BCUT2D eigenvalue weighted by Crippen LogP contribution is 2.31. The highest BCUT2D eigenvalue weighted by Gasteiger charge is 2.32. The monoisotopic (exact) mass is 247 g/mol. The summed E-state index contributed by atoms with van der Waals surface area (Å²) in [5.74, 6) is -4.22. The largest absolute Gasteiger partial charge is 0.480 e. The van der Waals surface area contributed by atoms with Crippen molar-refractivity contribution < 1.29 is 19.8 Å². The molecule has 0 bridgehead atoms. The van der Waals surface area contributed by atoms with E-state index >= 15 is 0 Å². The molecule has 1 aromatic carbocycles. The van der Waals surface area contributed by atoms with Crippen LogP contribution in [0.4, 0.5) is 0 Å². The van der Waals surface area contributed by atoms with Crippen molar-refractivity contribution in [1.29, 1.82) is 0 Å². The topological polar surface area (TPSA) is 79.5 Å². The Kier molecular flexibility index (Phi) is 2.82. The molecule has 0 atom stereocenters. The Balaban J connectivity index is 2.81. The zero-order valence-electron chi connectivity index (χ0n) is 10.0. The lowest BCUT2D eigenvalue weighted by atomic mass is 9.96. The first-order chi connectivity index (χ1) is 8.45. The molecule has 2 N–H and O–H groups in total. The van der Waals surface area contributed by atoms with Gasteiger partial charge in [-0.1, -0.05) is 18.2 Å². The number of benzene rings is 1. The highest BCUT2D eigenvalue weighted by atomic mass is 16.4. The SMILES string of the molecule is Cc1c(C(C(=O)O)C(=O)O)c2ccccc2n1C. The summed E-state index contributed by atoms with van der Waals surface area (Å²) in [7, 11) is 1.79. The Bertz CT molecular complexity index is 628. The Morgan fingerprint density at radius 2 is 1.72 bits per heavy atom. The number of hydrogen-bond donors (Lipinski definition) is 2. The van der Waals surface area contributed by atoms with Crippen LogP contribution in [0.5, 0.6) is 0 Å². The van der Waals surface area contributed by atoms with Crippen molar-refractivity contribution in [2.45, 2.75) is 12.8 Å². The fraction of sp³-hybridized carbons (Fsp3) is 0.231. The van der Waals surface area contributed by atoms with E-state index in [0.717, 1.165) is 5.52 Å². The molecule has 0 aliphatic carbocycles. The average Bonchev–Trinajstić information content (AvgIpc) is 2.55. The molecule has 94 valence electrons. The summed E-state index contributed by atoms with van der Waals surface area (Å²) >= 11 is 0. The van der Waals surface area contributed by atoms with Crippen LogP contribution in [-0.2, 0) is 16.6 Å². The van der Waals surface area contributed by atoms with Gasteiger partial charge in [0.15, 0.2) is 5.92 Å². The maximum Gasteiger partial charge on any atom is 0.322 e. The summed E-state index contributed by atoms with van der Waals surface area (Å²) in [5.41, 5.74) is 1.84. The summed E-state index contributed by atoms with van der Waals surface area (Å²) in [4.78, 5) is 22.3. The van der Waals surface area contributed by atoms with E-state index in [4.69, 9.17) is 10.2 Å². The van der Waals surface area contributed by atoms with Crippen LogP contribution in [0.2, 0.25) is 0 Å². The van der Waals surface area contributed by atoms with Crippen LogP contribution in [0, 0.1) is 6.92 Å². The van der Waals surface area contributed by atoms with Crippen molar-refractivity contribution in [1.82, 2.24) is 4.57 Å². The molecule has 0 aliphatic rings. The van der Waals surface area contributed by atoms with E-state index in [9.17, 15) is 9.59 Å². The number of nitrogens with zero attached hydrogens (tertiary/aromatic N) is 1. The molecule has 1 aromatic heterocycles. The number of rotatable bonds is 3. The second-order valence-corrected chi connectivity index (χ2v) is 4.18. The van der Waals surface area contributed by atoms with Crippen molar-refractivity contribution >= 4 is 22.8 Å². The number of aliphatic carboxylic acids is 2. The number of carbonyl (C=O) groups is 2. The maximum atomic E-state index is 11.2. The van der Waals surface area contributed by atoms with E-state index in [1.165, 1.54) is 0 Å². The van der Waals surface area contributed by atoms with E-state index in [1.54, 1.807) is 26.1 Å². The van der Waals surface area contributed by atoms with Gasteiger partial charge in [-0.15, -0.1) is 0 Å². The van der Waals surface area contributed by atoms with Crippen LogP contribution in [0.15, 0.2) is 24.3 Å². The summed E-state index contributed by atoms with van der Waals surface area (Å²) in [6.45, 7) is 1.73. The quantitative estimate of drug-likeness (QED) is 0.809. The fourth-order valence-corrected chi connectivity index (χ4v) is 2.27. The second-order valence-electron chi connectivity index (χ2n) is 4.18. The van der Waals surface area contributed by atoms with Gasteiger partial charge in [0.2, 0.25) is 0 Å². The third-order valence-electron chi connectivity index (χ3n) is 3.23. The Morgan fingerprint density at radius 1 is 1.17 bits per heavy atom. The molecule has 0 saturated carbocycles. The molecule has 0 fully saturated rings. The van der Waals surface area contributed by atoms with E-state index in [1.807, 2.05) is 16.7 Å². The van der Waals surface area contributed by atoms with Crippen molar-refractivity contribution in [3.63, 3.8) is 0 Å². The molecule has 0 unspecified atom stereocenters. The molecule has 5 nitrogen and oxygen atoms in total. The number of para-hydroxylation sites is 1. The minimum atomic E-state index is -1.53. The normalized spacial score (nSPS) is 11.1. The number of hydrogen-bond acceptors (Lipinski definition) is 2. The smallest absolute Gasteiger partial charge is 0.322 e. The zero-order valence-corrected chi connectivity index (χ0v) is 10.0. The predicted molar refractivity (Wildman–Crippen MR) is 65.7 cm³/mol. The van der Waals surface area contributed by atoms with E-state index < -0.39 is 17.9 Å². The average molecular weight is 247 g/mol. The van der Waals surface area contributed by atoms with Gasteiger partial charge in [0.05, 0.1) is 0 Å². The lowest BCUT2D eigenvalue weighted by Crippen LogP contribution is -2.21. The summed E-state index contributed by atoms with van der Waals surface area (Å²) < 4.78 is 1.81. The molecule has 5 heteroatoms. The maximum absolute atomic E-state index is 11.2. The van der Waals surface area contributed by atoms with Crippen molar-refractivity contribution in [3.05, 3.63) is 35.5 Å². The van der Waals surface area contributed by atoms with Gasteiger partial charge in [-0.2, -0.15) is 0 Å². The first kappa shape index (κ1) is 12.2. The number of fused-ring (bicyclic) bond motifs is 1. The van der Waals surface area contributed by atoms with Gasteiger partial charge < -0.3 is 14.8 Å². The molecular weight excluding hydrogens is 234 g/mol. The molecule has 0 aliphatic heterocycles. The molecule has 0 spiro atoms. The van der Waals surface area contributed by atoms with E-state index in [2.05, 4.69) is 0 Å². The first-order valence-corrected chi connectivity index (χ1v) is 5.44. The predicted octanol–water partition coefficient (Wildman–Crippen LogP) is 1.74. The van der Waals surface area contributed by atoms with Crippen LogP contribution in [0.25, 0.3) is 10.9 Å². The Morgan fingerprint density at radius 3 is 2.28 bits per heavy atom. The van der Waals surface area contributed by atoms with Crippen molar-refractivity contribution in [3.8, 4) is 0 Å².